The van der Waals surface area contributed by atoms with Crippen molar-refractivity contribution < 1.29 is 55.5 Å². The van der Waals surface area contributed by atoms with E-state index in [-0.39, 0.29) is 68.4 Å². The van der Waals surface area contributed by atoms with Crippen molar-refractivity contribution >= 4 is 157 Å². The number of amides is 3. The molecule has 0 bridgehead atoms. The number of likely N-dealkylation sites (tertiary alicyclic amines) is 2. The van der Waals surface area contributed by atoms with Crippen LogP contribution in [0.5, 0.6) is 0 Å². The molecule has 2 aliphatic rings. The van der Waals surface area contributed by atoms with Crippen LogP contribution in [0.15, 0.2) is 24.8 Å². The first-order valence-corrected chi connectivity index (χ1v) is 31.1. The van der Waals surface area contributed by atoms with Crippen LogP contribution in [0.1, 0.15) is 189 Å². The number of aliphatic hydroxyl groups excluding tert-OH is 1. The van der Waals surface area contributed by atoms with Gasteiger partial charge < -0.3 is 49.5 Å². The fourth-order valence-electron chi connectivity index (χ4n) is 9.58. The third kappa shape index (κ3) is 21.6. The third-order valence-corrected chi connectivity index (χ3v) is 16.5. The van der Waals surface area contributed by atoms with Gasteiger partial charge in [-0.25, -0.2) is 54.3 Å². The van der Waals surface area contributed by atoms with Gasteiger partial charge in [0, 0.05) is 28.8 Å². The van der Waals surface area contributed by atoms with Crippen molar-refractivity contribution in [3.05, 3.63) is 74.5 Å². The summed E-state index contributed by atoms with van der Waals surface area (Å²) < 4.78 is 15.8. The Labute approximate surface area is 566 Å². The Morgan fingerprint density at radius 2 is 0.831 bits per heavy atom. The molecule has 3 atom stereocenters. The number of thiazole rings is 4. The molecule has 0 aromatic carbocycles. The minimum Gasteiger partial charge on any atom is -1.00 e. The summed E-state index contributed by atoms with van der Waals surface area (Å²) in [5.74, 6) is 0. The number of anilines is 4. The number of halogens is 1. The SMILES string of the molecule is C.C.Cc1nc2c(C(C)N3CCCC3)c(N)cnc2s1.Cc1nc2c(C(C)N3CCCC3)c(NC(=O)OC(C)(C)C)cnc2s1.Cc1nc2c(C(C)O)c(NC(=O)OC(C)(C)C)cnc2s1.Cc1nc2c(C=O)c(NC(=O)OC(C)(C)C)cnc2s1.[Br-].[CH3-].[Mg+2]. The van der Waals surface area contributed by atoms with Crippen LogP contribution in [0.25, 0.3) is 41.4 Å². The van der Waals surface area contributed by atoms with E-state index in [1.54, 1.807) is 83.5 Å². The van der Waals surface area contributed by atoms with E-state index in [0.29, 0.717) is 56.4 Å². The second-order valence-corrected chi connectivity index (χ2v) is 28.2. The number of rotatable bonds is 9. The fraction of sp³-hybridized carbons (Fsp3) is 0.525. The van der Waals surface area contributed by atoms with Crippen molar-refractivity contribution in [3.63, 3.8) is 0 Å². The Hall–Kier alpha value is -5.43. The summed E-state index contributed by atoms with van der Waals surface area (Å²) in [7, 11) is 0. The number of aliphatic hydroxyl groups is 1. The first-order valence-electron chi connectivity index (χ1n) is 27.8. The molecule has 10 rings (SSSR count). The van der Waals surface area contributed by atoms with E-state index in [4.69, 9.17) is 19.9 Å². The molecule has 10 heterocycles. The van der Waals surface area contributed by atoms with Gasteiger partial charge in [0.25, 0.3) is 0 Å². The van der Waals surface area contributed by atoms with Gasteiger partial charge >= 0.3 is 41.3 Å². The smallest absolute Gasteiger partial charge is 1.00 e. The van der Waals surface area contributed by atoms with Crippen LogP contribution in [0, 0.1) is 35.1 Å². The molecule has 0 radical (unpaired) electrons. The van der Waals surface area contributed by atoms with Crippen LogP contribution in [-0.2, 0) is 14.2 Å². The van der Waals surface area contributed by atoms with Crippen molar-refractivity contribution in [2.45, 2.75) is 186 Å². The number of hydrogen-bond donors (Lipinski definition) is 5. The number of aromatic nitrogens is 8. The van der Waals surface area contributed by atoms with Gasteiger partial charge in [0.2, 0.25) is 0 Å². The van der Waals surface area contributed by atoms with Crippen LogP contribution >= 0.6 is 45.3 Å². The van der Waals surface area contributed by atoms with Gasteiger partial charge in [-0.05, 0) is 163 Å². The number of nitrogens with zero attached hydrogens (tertiary/aromatic N) is 10. The molecule has 2 fully saturated rings. The van der Waals surface area contributed by atoms with E-state index in [9.17, 15) is 24.3 Å². The number of aldehydes is 1. The molecular formula is C61H89BrMgN14O8S4. The Bertz CT molecular complexity index is 3660. The van der Waals surface area contributed by atoms with Gasteiger partial charge in [0.05, 0.1) is 79.2 Å². The summed E-state index contributed by atoms with van der Waals surface area (Å²) in [6, 6.07) is 0.499. The van der Waals surface area contributed by atoms with Crippen molar-refractivity contribution in [2.24, 2.45) is 0 Å². The molecule has 3 amide bonds. The zero-order chi connectivity index (χ0) is 61.6. The van der Waals surface area contributed by atoms with Crippen molar-refractivity contribution in [1.82, 2.24) is 49.7 Å². The molecule has 0 spiro atoms. The number of nitrogens with two attached hydrogens (primary N) is 1. The predicted octanol–water partition coefficient (Wildman–Crippen LogP) is 12.1. The number of fused-ring (bicyclic) bond motifs is 4. The molecule has 28 heteroatoms. The maximum atomic E-state index is 12.3. The summed E-state index contributed by atoms with van der Waals surface area (Å²) in [6.07, 6.45) is 9.67. The van der Waals surface area contributed by atoms with E-state index in [1.807, 2.05) is 48.5 Å². The molecule has 8 aromatic rings. The van der Waals surface area contributed by atoms with Gasteiger partial charge in [-0.2, -0.15) is 0 Å². The topological polar surface area (TPSA) is 288 Å². The molecule has 6 N–H and O–H groups in total. The van der Waals surface area contributed by atoms with Gasteiger partial charge in [-0.15, -0.1) is 0 Å². The summed E-state index contributed by atoms with van der Waals surface area (Å²) in [5, 5.41) is 21.7. The molecular weight excluding hydrogens is 1290 g/mol. The quantitative estimate of drug-likeness (QED) is 0.0388. The number of nitrogens with one attached hydrogen (secondary N) is 3. The van der Waals surface area contributed by atoms with Crippen molar-refractivity contribution in [1.29, 1.82) is 0 Å². The largest absolute Gasteiger partial charge is 2.00 e. The summed E-state index contributed by atoms with van der Waals surface area (Å²) in [5.41, 5.74) is 12.6. The molecule has 2 aliphatic heterocycles. The predicted molar refractivity (Wildman–Crippen MR) is 363 cm³/mol. The van der Waals surface area contributed by atoms with E-state index >= 15 is 0 Å². The van der Waals surface area contributed by atoms with Crippen LogP contribution < -0.4 is 38.7 Å². The normalized spacial score (nSPS) is 14.2. The summed E-state index contributed by atoms with van der Waals surface area (Å²) >= 11 is 6.06. The molecule has 89 heavy (non-hydrogen) atoms. The number of hydrogen-bond acceptors (Lipinski definition) is 23. The van der Waals surface area contributed by atoms with E-state index in [0.717, 1.165) is 88.5 Å². The van der Waals surface area contributed by atoms with Crippen LogP contribution in [-0.4, -0.2) is 145 Å². The second-order valence-electron chi connectivity index (χ2n) is 23.4. The fourth-order valence-corrected chi connectivity index (χ4v) is 12.7. The summed E-state index contributed by atoms with van der Waals surface area (Å²) in [4.78, 5) is 90.7. The first kappa shape index (κ1) is 79.7. The Morgan fingerprint density at radius 3 is 1.19 bits per heavy atom. The van der Waals surface area contributed by atoms with Gasteiger partial charge in [-0.3, -0.25) is 30.5 Å². The number of ether oxygens (including phenoxy) is 3. The first-order chi connectivity index (χ1) is 39.4. The van der Waals surface area contributed by atoms with Crippen molar-refractivity contribution in [3.8, 4) is 0 Å². The third-order valence-electron chi connectivity index (χ3n) is 13.0. The zero-order valence-electron chi connectivity index (χ0n) is 52.8. The average molecular weight is 1380 g/mol. The molecule has 484 valence electrons. The monoisotopic (exact) mass is 1380 g/mol. The van der Waals surface area contributed by atoms with Gasteiger partial charge in [0.1, 0.15) is 58.2 Å². The number of carbonyl (C=O) groups excluding carboxylic acids is 4. The Kier molecular flexibility index (Phi) is 30.2. The zero-order valence-corrected chi connectivity index (χ0v) is 59.1. The molecule has 3 unspecified atom stereocenters. The van der Waals surface area contributed by atoms with E-state index < -0.39 is 41.2 Å². The minimum absolute atomic E-state index is 0. The number of aryl methyl sites for hydroxylation is 4. The van der Waals surface area contributed by atoms with Gasteiger partial charge in [0.15, 0.2) is 6.29 Å². The molecule has 0 saturated carbocycles. The molecule has 8 aromatic heterocycles. The minimum atomic E-state index is -0.776. The molecule has 0 aliphatic carbocycles. The molecule has 2 saturated heterocycles. The average Bonchev–Trinajstić information content (AvgIpc) is 1.90. The Morgan fingerprint density at radius 1 is 0.539 bits per heavy atom. The Balaban J connectivity index is 0.000000399. The number of nitrogen functional groups attached to an aromatic ring is 1. The molecule has 22 nitrogen and oxygen atoms in total. The van der Waals surface area contributed by atoms with Crippen LogP contribution in [0.4, 0.5) is 37.1 Å². The number of pyridine rings is 4. The van der Waals surface area contributed by atoms with E-state index in [2.05, 4.69) is 79.5 Å². The van der Waals surface area contributed by atoms with Gasteiger partial charge in [-0.1, -0.05) is 60.2 Å². The van der Waals surface area contributed by atoms with Crippen molar-refractivity contribution in [2.75, 3.05) is 47.9 Å². The summed E-state index contributed by atoms with van der Waals surface area (Å²) in [6.45, 7) is 34.4. The van der Waals surface area contributed by atoms with Crippen LogP contribution in [0.2, 0.25) is 0 Å². The van der Waals surface area contributed by atoms with Crippen LogP contribution in [0.3, 0.4) is 0 Å². The standard InChI is InChI=1S/C18H26N4O2S.C14H19N3O3S.C13H18N4S.C13H15N3O3S.2CH4.CH3.BrH.Mg/c1-11(22-8-6-7-9-22)14-13(21-17(23)24-18(3,4)5)10-19-16-15(14)20-12(2)25-16;1-7(18)10-9(17-13(19)20-14(3,4)5)6-15-12-11(10)16-8(2)21-12;1-8(17-5-3-4-6-17)11-10(14)7-15-13-12(11)16-9(2)18-13;1-7-15-10-8(6-17)9(5-14-11(10)20-7)16-12(18)19-13(2,3)4;;;;;/h10-11H,6-9H2,1-5H3,(H,21,23);6-7,18H,1-5H3,(H,17,19);7-8H,3-6,14H2,1-2H3;5-6H,1-4H3,(H,16,18);2*1H4;1H3;1H;/q;;;;;;-1;;+2/p-1. The second kappa shape index (κ2) is 33.8. The number of carbonyl (C=O) groups is 4. The maximum Gasteiger partial charge on any atom is 2.00 e. The van der Waals surface area contributed by atoms with E-state index in [1.165, 1.54) is 60.8 Å². The maximum absolute atomic E-state index is 12.3.